The predicted octanol–water partition coefficient (Wildman–Crippen LogP) is 4.98. The molecule has 7 heteroatoms. The van der Waals surface area contributed by atoms with Gasteiger partial charge in [-0.2, -0.15) is 4.52 Å². The van der Waals surface area contributed by atoms with Crippen LogP contribution in [-0.4, -0.2) is 25.5 Å². The monoisotopic (exact) mass is 393 g/mol. The summed E-state index contributed by atoms with van der Waals surface area (Å²) in [4.78, 5) is 21.0. The SMILES string of the molecule is C=C/C(=C\C=C/C)C(CC)CC(=O)Nc1ccc(-c2nn3c(C)ncc3o2)nc1.[HH]. The van der Waals surface area contributed by atoms with Gasteiger partial charge in [-0.25, -0.2) is 9.97 Å². The van der Waals surface area contributed by atoms with Gasteiger partial charge in [-0.1, -0.05) is 37.8 Å². The van der Waals surface area contributed by atoms with Gasteiger partial charge in [0.25, 0.3) is 5.89 Å². The highest BCUT2D eigenvalue weighted by Gasteiger charge is 2.16. The van der Waals surface area contributed by atoms with Crippen molar-refractivity contribution >= 4 is 17.3 Å². The van der Waals surface area contributed by atoms with Crippen LogP contribution in [0.25, 0.3) is 17.3 Å². The maximum atomic E-state index is 12.5. The predicted molar refractivity (Wildman–Crippen MR) is 115 cm³/mol. The van der Waals surface area contributed by atoms with Gasteiger partial charge >= 0.3 is 0 Å². The van der Waals surface area contributed by atoms with Crippen molar-refractivity contribution < 1.29 is 10.6 Å². The lowest BCUT2D eigenvalue weighted by Crippen LogP contribution is -2.17. The van der Waals surface area contributed by atoms with Crippen LogP contribution < -0.4 is 5.32 Å². The van der Waals surface area contributed by atoms with E-state index in [2.05, 4.69) is 33.9 Å². The molecule has 0 radical (unpaired) electrons. The Balaban J connectivity index is 0.00000320. The third-order valence-corrected chi connectivity index (χ3v) is 4.65. The van der Waals surface area contributed by atoms with E-state index in [0.29, 0.717) is 29.4 Å². The molecule has 1 atom stereocenters. The molecule has 0 aliphatic heterocycles. The molecule has 3 rings (SSSR count). The van der Waals surface area contributed by atoms with Crippen molar-refractivity contribution in [2.24, 2.45) is 5.92 Å². The van der Waals surface area contributed by atoms with Crippen molar-refractivity contribution in [3.05, 3.63) is 66.8 Å². The van der Waals surface area contributed by atoms with Crippen molar-refractivity contribution in [2.75, 3.05) is 5.32 Å². The van der Waals surface area contributed by atoms with E-state index in [1.54, 1.807) is 29.0 Å². The third-order valence-electron chi connectivity index (χ3n) is 4.65. The molecule has 1 amide bonds. The first-order valence-corrected chi connectivity index (χ1v) is 9.58. The number of carbonyl (C=O) groups is 1. The highest BCUT2D eigenvalue weighted by atomic mass is 16.4. The standard InChI is InChI=1S/C22H25N5O2.H2/c1-5-8-9-16(6-2)17(7-3)12-20(28)25-18-10-11-19(24-13-18)22-26-27-15(4)23-14-21(27)29-22;/h5-6,8-11,13-14,17H,2,7,12H2,1,3-4H3,(H,25,28);1H/b8-5-,16-9+;. The number of anilines is 1. The van der Waals surface area contributed by atoms with Crippen LogP contribution in [0.1, 0.15) is 33.9 Å². The lowest BCUT2D eigenvalue weighted by Gasteiger charge is -2.16. The van der Waals surface area contributed by atoms with Crippen molar-refractivity contribution in [3.63, 3.8) is 0 Å². The number of aryl methyl sites for hydroxylation is 1. The summed E-state index contributed by atoms with van der Waals surface area (Å²) in [6.07, 6.45) is 12.2. The van der Waals surface area contributed by atoms with Crippen LogP contribution in [-0.2, 0) is 4.79 Å². The second-order valence-corrected chi connectivity index (χ2v) is 6.65. The maximum absolute atomic E-state index is 12.5. The van der Waals surface area contributed by atoms with Crippen molar-refractivity contribution in [1.82, 2.24) is 19.6 Å². The van der Waals surface area contributed by atoms with Gasteiger partial charge < -0.3 is 9.73 Å². The molecule has 3 aromatic heterocycles. The van der Waals surface area contributed by atoms with Crippen molar-refractivity contribution in [3.8, 4) is 11.6 Å². The summed E-state index contributed by atoms with van der Waals surface area (Å²) in [5, 5.41) is 7.26. The van der Waals surface area contributed by atoms with Gasteiger partial charge in [-0.3, -0.25) is 4.79 Å². The van der Waals surface area contributed by atoms with Crippen LogP contribution in [0, 0.1) is 12.8 Å². The lowest BCUT2D eigenvalue weighted by molar-refractivity contribution is -0.116. The number of hydrogen-bond acceptors (Lipinski definition) is 5. The zero-order valence-electron chi connectivity index (χ0n) is 16.9. The minimum absolute atomic E-state index is 0. The topological polar surface area (TPSA) is 85.3 Å². The smallest absolute Gasteiger partial charge is 0.264 e. The third kappa shape index (κ3) is 4.68. The Hall–Kier alpha value is -3.48. The molecule has 0 bridgehead atoms. The van der Waals surface area contributed by atoms with E-state index in [-0.39, 0.29) is 13.3 Å². The van der Waals surface area contributed by atoms with Crippen LogP contribution in [0.4, 0.5) is 5.69 Å². The minimum Gasteiger partial charge on any atom is -0.415 e. The number of hydrogen-bond donors (Lipinski definition) is 1. The molecule has 0 aromatic carbocycles. The molecule has 1 unspecified atom stereocenters. The molecule has 29 heavy (non-hydrogen) atoms. The van der Waals surface area contributed by atoms with Gasteiger partial charge in [-0.05, 0) is 43.9 Å². The Morgan fingerprint density at radius 1 is 1.38 bits per heavy atom. The summed E-state index contributed by atoms with van der Waals surface area (Å²) >= 11 is 0. The average molecular weight is 393 g/mol. The van der Waals surface area contributed by atoms with Gasteiger partial charge in [-0.15, -0.1) is 5.10 Å². The zero-order valence-corrected chi connectivity index (χ0v) is 16.9. The molecule has 3 heterocycles. The second-order valence-electron chi connectivity index (χ2n) is 6.65. The summed E-state index contributed by atoms with van der Waals surface area (Å²) in [5.74, 6) is 1.20. The number of carbonyl (C=O) groups excluding carboxylic acids is 1. The highest BCUT2D eigenvalue weighted by molar-refractivity contribution is 5.91. The van der Waals surface area contributed by atoms with E-state index >= 15 is 0 Å². The Kier molecular flexibility index (Phi) is 6.39. The van der Waals surface area contributed by atoms with Gasteiger partial charge in [0.15, 0.2) is 0 Å². The van der Waals surface area contributed by atoms with Crippen molar-refractivity contribution in [2.45, 2.75) is 33.6 Å². The van der Waals surface area contributed by atoms with E-state index in [0.717, 1.165) is 17.8 Å². The fraction of sp³-hybridized carbons (Fsp3) is 0.273. The molecule has 0 aliphatic rings. The van der Waals surface area contributed by atoms with Gasteiger partial charge in [0.2, 0.25) is 11.6 Å². The van der Waals surface area contributed by atoms with Crippen LogP contribution >= 0.6 is 0 Å². The fourth-order valence-electron chi connectivity index (χ4n) is 3.03. The summed E-state index contributed by atoms with van der Waals surface area (Å²) in [7, 11) is 0. The molecule has 0 saturated carbocycles. The van der Waals surface area contributed by atoms with Gasteiger partial charge in [0.1, 0.15) is 11.5 Å². The Labute approximate surface area is 171 Å². The highest BCUT2D eigenvalue weighted by Crippen LogP contribution is 2.23. The number of pyridine rings is 1. The number of aromatic nitrogens is 4. The average Bonchev–Trinajstić information content (AvgIpc) is 3.30. The Bertz CT molecular complexity index is 1060. The van der Waals surface area contributed by atoms with E-state index in [1.165, 1.54) is 0 Å². The molecule has 1 N–H and O–H groups in total. The summed E-state index contributed by atoms with van der Waals surface area (Å²) in [5.41, 5.74) is 2.83. The van der Waals surface area contributed by atoms with Crippen LogP contribution in [0.3, 0.4) is 0 Å². The zero-order chi connectivity index (χ0) is 20.8. The molecule has 152 valence electrons. The molecule has 3 aromatic rings. The van der Waals surface area contributed by atoms with E-state index in [4.69, 9.17) is 4.42 Å². The minimum atomic E-state index is -0.0632. The molecular formula is C22H27N5O2. The van der Waals surface area contributed by atoms with Crippen LogP contribution in [0.15, 0.2) is 65.4 Å². The molecule has 0 saturated heterocycles. The molecular weight excluding hydrogens is 366 g/mol. The fourth-order valence-corrected chi connectivity index (χ4v) is 3.03. The Morgan fingerprint density at radius 3 is 2.83 bits per heavy atom. The maximum Gasteiger partial charge on any atom is 0.264 e. The number of allylic oxidation sites excluding steroid dienone is 5. The number of nitrogens with one attached hydrogen (secondary N) is 1. The van der Waals surface area contributed by atoms with Crippen LogP contribution in [0.2, 0.25) is 0 Å². The Morgan fingerprint density at radius 2 is 2.21 bits per heavy atom. The van der Waals surface area contributed by atoms with Crippen LogP contribution in [0.5, 0.6) is 0 Å². The largest absolute Gasteiger partial charge is 0.415 e. The molecule has 0 spiro atoms. The molecule has 0 aliphatic carbocycles. The molecule has 7 nitrogen and oxygen atoms in total. The summed E-state index contributed by atoms with van der Waals surface area (Å²) in [6, 6.07) is 3.55. The van der Waals surface area contributed by atoms with Crippen molar-refractivity contribution in [1.29, 1.82) is 0 Å². The first kappa shape index (κ1) is 20.3. The normalized spacial score (nSPS) is 13.1. The summed E-state index contributed by atoms with van der Waals surface area (Å²) < 4.78 is 7.27. The quantitative estimate of drug-likeness (QED) is 0.545. The number of rotatable bonds is 8. The van der Waals surface area contributed by atoms with Gasteiger partial charge in [0.05, 0.1) is 18.1 Å². The van der Waals surface area contributed by atoms with E-state index < -0.39 is 0 Å². The number of nitrogens with zero attached hydrogens (tertiary/aromatic N) is 4. The number of fused-ring (bicyclic) bond motifs is 1. The summed E-state index contributed by atoms with van der Waals surface area (Å²) in [6.45, 7) is 9.74. The van der Waals surface area contributed by atoms with E-state index in [1.807, 2.05) is 38.2 Å². The second kappa shape index (κ2) is 9.14. The van der Waals surface area contributed by atoms with E-state index in [9.17, 15) is 4.79 Å². The lowest BCUT2D eigenvalue weighted by atomic mass is 9.92. The first-order chi connectivity index (χ1) is 14.0. The number of imidazole rings is 1. The molecule has 0 fully saturated rings. The first-order valence-electron chi connectivity index (χ1n) is 9.58. The van der Waals surface area contributed by atoms with Gasteiger partial charge in [0, 0.05) is 7.85 Å². The number of amides is 1.